The van der Waals surface area contributed by atoms with Crippen molar-refractivity contribution in [3.63, 3.8) is 0 Å². The number of methoxy groups -OCH3 is 1. The summed E-state index contributed by atoms with van der Waals surface area (Å²) < 4.78 is 47.7. The number of ketones is 1. The van der Waals surface area contributed by atoms with E-state index >= 15 is 0 Å². The van der Waals surface area contributed by atoms with Crippen LogP contribution in [0.25, 0.3) is 28.3 Å². The number of halogens is 5. The number of hydrogen-bond acceptors (Lipinski definition) is 3. The van der Waals surface area contributed by atoms with Gasteiger partial charge in [0, 0.05) is 31.9 Å². The highest BCUT2D eigenvalue weighted by Gasteiger charge is 2.31. The molecule has 5 aromatic rings. The molecule has 0 aliphatic rings. The zero-order chi connectivity index (χ0) is 27.7. The van der Waals surface area contributed by atoms with E-state index in [-0.39, 0.29) is 11.5 Å². The maximum atomic E-state index is 14.1. The van der Waals surface area contributed by atoms with Gasteiger partial charge in [0.2, 0.25) is 5.78 Å². The lowest BCUT2D eigenvalue weighted by Gasteiger charge is -2.14. The van der Waals surface area contributed by atoms with E-state index in [1.165, 1.54) is 19.2 Å². The molecule has 0 saturated heterocycles. The molecule has 5 rings (SSSR count). The van der Waals surface area contributed by atoms with Crippen LogP contribution in [0.3, 0.4) is 0 Å². The fraction of sp³-hybridized carbons (Fsp3) is 0.0667. The van der Waals surface area contributed by atoms with Crippen molar-refractivity contribution in [2.75, 3.05) is 7.11 Å². The Labute approximate surface area is 235 Å². The van der Waals surface area contributed by atoms with Crippen LogP contribution in [0.5, 0.6) is 5.75 Å². The van der Waals surface area contributed by atoms with E-state index in [0.717, 1.165) is 16.6 Å². The van der Waals surface area contributed by atoms with Gasteiger partial charge in [0.1, 0.15) is 23.0 Å². The summed E-state index contributed by atoms with van der Waals surface area (Å²) in [7, 11) is 1.53. The van der Waals surface area contributed by atoms with Crippen molar-refractivity contribution < 1.29 is 22.7 Å². The zero-order valence-corrected chi connectivity index (χ0v) is 22.7. The lowest BCUT2D eigenvalue weighted by atomic mass is 10.0. The minimum atomic E-state index is -4.50. The van der Waals surface area contributed by atoms with Crippen LogP contribution < -0.4 is 4.74 Å². The largest absolute Gasteiger partial charge is 0.497 e. The molecule has 4 nitrogen and oxygen atoms in total. The van der Waals surface area contributed by atoms with Crippen molar-refractivity contribution in [2.45, 2.75) is 6.18 Å². The van der Waals surface area contributed by atoms with Crippen molar-refractivity contribution in [3.05, 3.63) is 123 Å². The number of benzene rings is 4. The van der Waals surface area contributed by atoms with Gasteiger partial charge in [0.05, 0.1) is 12.7 Å². The molecular weight excluding hydrogens is 593 g/mol. The SMILES string of the molecule is COc1ccc(C(=O)c2c(-c3ccc(Cl)cc3)nc(-c3ccc(Br)cc3)n2-c2ccc(C(F)(F)F)cc2)cc1. The van der Waals surface area contributed by atoms with E-state index in [0.29, 0.717) is 44.7 Å². The molecule has 196 valence electrons. The van der Waals surface area contributed by atoms with Crippen LogP contribution in [0, 0.1) is 0 Å². The highest BCUT2D eigenvalue weighted by atomic mass is 79.9. The fourth-order valence-electron chi connectivity index (χ4n) is 4.16. The Bertz CT molecular complexity index is 1630. The molecule has 0 saturated carbocycles. The summed E-state index contributed by atoms with van der Waals surface area (Å²) in [5.74, 6) is 0.610. The maximum absolute atomic E-state index is 14.1. The molecule has 9 heteroatoms. The predicted octanol–water partition coefficient (Wildman–Crippen LogP) is 8.88. The van der Waals surface area contributed by atoms with Gasteiger partial charge in [-0.3, -0.25) is 9.36 Å². The van der Waals surface area contributed by atoms with E-state index in [1.807, 2.05) is 24.3 Å². The molecule has 0 atom stereocenters. The average molecular weight is 612 g/mol. The second kappa shape index (κ2) is 10.7. The van der Waals surface area contributed by atoms with Gasteiger partial charge >= 0.3 is 6.18 Å². The van der Waals surface area contributed by atoms with Crippen molar-refractivity contribution in [3.8, 4) is 34.1 Å². The van der Waals surface area contributed by atoms with Gasteiger partial charge in [-0.05, 0) is 72.8 Å². The summed E-state index contributed by atoms with van der Waals surface area (Å²) in [6.45, 7) is 0. The minimum absolute atomic E-state index is 0.195. The predicted molar refractivity (Wildman–Crippen MR) is 149 cm³/mol. The monoisotopic (exact) mass is 610 g/mol. The Balaban J connectivity index is 1.81. The van der Waals surface area contributed by atoms with Gasteiger partial charge in [0.15, 0.2) is 0 Å². The normalized spacial score (nSPS) is 11.4. The number of carbonyl (C=O) groups excluding carboxylic acids is 1. The van der Waals surface area contributed by atoms with Crippen LogP contribution in [0.1, 0.15) is 21.6 Å². The lowest BCUT2D eigenvalue weighted by molar-refractivity contribution is -0.137. The van der Waals surface area contributed by atoms with Crippen molar-refractivity contribution >= 4 is 33.3 Å². The molecule has 1 heterocycles. The zero-order valence-electron chi connectivity index (χ0n) is 20.3. The quantitative estimate of drug-likeness (QED) is 0.180. The smallest absolute Gasteiger partial charge is 0.416 e. The van der Waals surface area contributed by atoms with E-state index in [2.05, 4.69) is 15.9 Å². The summed E-state index contributed by atoms with van der Waals surface area (Å²) in [5.41, 5.74) is 1.78. The fourth-order valence-corrected chi connectivity index (χ4v) is 4.55. The Morgan fingerprint density at radius 3 is 2.00 bits per heavy atom. The van der Waals surface area contributed by atoms with Crippen LogP contribution in [-0.2, 0) is 6.18 Å². The van der Waals surface area contributed by atoms with Crippen molar-refractivity contribution in [2.24, 2.45) is 0 Å². The average Bonchev–Trinajstić information content (AvgIpc) is 3.33. The minimum Gasteiger partial charge on any atom is -0.497 e. The first-order valence-electron chi connectivity index (χ1n) is 11.7. The maximum Gasteiger partial charge on any atom is 0.416 e. The Morgan fingerprint density at radius 2 is 1.44 bits per heavy atom. The Morgan fingerprint density at radius 1 is 0.846 bits per heavy atom. The van der Waals surface area contributed by atoms with Gasteiger partial charge in [-0.2, -0.15) is 13.2 Å². The number of ether oxygens (including phenoxy) is 1. The van der Waals surface area contributed by atoms with Gasteiger partial charge in [-0.1, -0.05) is 51.8 Å². The molecule has 0 bridgehead atoms. The molecule has 4 aromatic carbocycles. The summed E-state index contributed by atoms with van der Waals surface area (Å²) in [6, 6.07) is 25.4. The van der Waals surface area contributed by atoms with Gasteiger partial charge in [-0.15, -0.1) is 0 Å². The van der Waals surface area contributed by atoms with Crippen LogP contribution in [0.2, 0.25) is 5.02 Å². The molecule has 1 aromatic heterocycles. The van der Waals surface area contributed by atoms with E-state index in [9.17, 15) is 18.0 Å². The number of aromatic nitrogens is 2. The van der Waals surface area contributed by atoms with Gasteiger partial charge in [-0.25, -0.2) is 4.98 Å². The summed E-state index contributed by atoms with van der Waals surface area (Å²) in [4.78, 5) is 19.0. The third-order valence-corrected chi connectivity index (χ3v) is 6.90. The van der Waals surface area contributed by atoms with E-state index < -0.39 is 11.7 Å². The molecule has 0 unspecified atom stereocenters. The number of rotatable bonds is 6. The third-order valence-electron chi connectivity index (χ3n) is 6.12. The molecule has 0 radical (unpaired) electrons. The molecule has 0 spiro atoms. The first-order valence-corrected chi connectivity index (χ1v) is 12.8. The van der Waals surface area contributed by atoms with E-state index in [4.69, 9.17) is 21.3 Å². The molecule has 0 N–H and O–H groups in total. The molecule has 0 aliphatic carbocycles. The van der Waals surface area contributed by atoms with Gasteiger partial charge in [0.25, 0.3) is 0 Å². The molecule has 0 fully saturated rings. The first kappa shape index (κ1) is 26.7. The van der Waals surface area contributed by atoms with Crippen LogP contribution >= 0.6 is 27.5 Å². The molecule has 0 aliphatic heterocycles. The van der Waals surface area contributed by atoms with Crippen LogP contribution in [0.4, 0.5) is 13.2 Å². The number of carbonyl (C=O) groups is 1. The van der Waals surface area contributed by atoms with Crippen molar-refractivity contribution in [1.82, 2.24) is 9.55 Å². The Kier molecular flexibility index (Phi) is 7.34. The third kappa shape index (κ3) is 5.48. The molecule has 0 amide bonds. The second-order valence-electron chi connectivity index (χ2n) is 8.58. The number of alkyl halides is 3. The molecule has 39 heavy (non-hydrogen) atoms. The number of nitrogens with zero attached hydrogens (tertiary/aromatic N) is 2. The highest BCUT2D eigenvalue weighted by molar-refractivity contribution is 9.10. The molecular formula is C30H19BrClF3N2O2. The summed E-state index contributed by atoms with van der Waals surface area (Å²) in [5, 5.41) is 0.511. The standard InChI is InChI=1S/C30H19BrClF3N2O2/c1-39-25-16-6-19(7-17-25)28(38)27-26(18-4-12-23(32)13-5-18)36-29(20-2-10-22(31)11-3-20)37(27)24-14-8-21(9-15-24)30(33,34)35/h2-17H,1H3. The number of imidazole rings is 1. The number of hydrogen-bond donors (Lipinski definition) is 0. The first-order chi connectivity index (χ1) is 18.7. The van der Waals surface area contributed by atoms with Crippen LogP contribution in [-0.4, -0.2) is 22.4 Å². The highest BCUT2D eigenvalue weighted by Crippen LogP contribution is 2.36. The second-order valence-corrected chi connectivity index (χ2v) is 9.94. The van der Waals surface area contributed by atoms with Crippen LogP contribution in [0.15, 0.2) is 102 Å². The van der Waals surface area contributed by atoms with Gasteiger partial charge < -0.3 is 4.74 Å². The summed E-state index contributed by atoms with van der Waals surface area (Å²) in [6.07, 6.45) is -4.50. The summed E-state index contributed by atoms with van der Waals surface area (Å²) >= 11 is 9.55. The van der Waals surface area contributed by atoms with Crippen molar-refractivity contribution in [1.29, 1.82) is 0 Å². The topological polar surface area (TPSA) is 44.1 Å². The Hall–Kier alpha value is -3.88. The van der Waals surface area contributed by atoms with E-state index in [1.54, 1.807) is 53.1 Å². The lowest BCUT2D eigenvalue weighted by Crippen LogP contribution is -2.12.